The highest BCUT2D eigenvalue weighted by Gasteiger charge is 2.17. The maximum absolute atomic E-state index is 13.4. The fourth-order valence-corrected chi connectivity index (χ4v) is 3.89. The van der Waals surface area contributed by atoms with Gasteiger partial charge in [0, 0.05) is 22.8 Å². The number of nitrogens with one attached hydrogen (secondary N) is 1. The number of nitrogens with zero attached hydrogens (tertiary/aromatic N) is 2. The number of aliphatic hydroxyl groups excluding tert-OH is 1. The molecule has 0 spiro atoms. The first-order chi connectivity index (χ1) is 18.0. The number of amides is 1. The molecule has 2 N–H and O–H groups in total. The standard InChI is InChI=1S/C30H25N3O4/c1-19-8-6-7-11-27(19)33-29(35)26-16-25-21(18-34)17-31-20(2)28(25)37-30(26)32-22-12-14-24(15-13-22)36-23-9-4-3-5-10-23/h3-17,34H,18H2,1-2H3,(H,33,35). The van der Waals surface area contributed by atoms with Gasteiger partial charge in [-0.3, -0.25) is 9.78 Å². The van der Waals surface area contributed by atoms with E-state index in [0.29, 0.717) is 39.4 Å². The van der Waals surface area contributed by atoms with Crippen molar-refractivity contribution < 1.29 is 19.1 Å². The number of rotatable bonds is 6. The Bertz CT molecular complexity index is 1640. The average Bonchev–Trinajstić information content (AvgIpc) is 2.92. The minimum absolute atomic E-state index is 0.135. The first kappa shape index (κ1) is 24.0. The largest absolute Gasteiger partial charge is 0.457 e. The molecule has 0 saturated heterocycles. The zero-order valence-corrected chi connectivity index (χ0v) is 20.4. The molecule has 7 heteroatoms. The molecule has 2 heterocycles. The molecule has 0 radical (unpaired) electrons. The summed E-state index contributed by atoms with van der Waals surface area (Å²) in [6.45, 7) is 3.49. The van der Waals surface area contributed by atoms with Crippen molar-refractivity contribution in [1.29, 1.82) is 0 Å². The number of carbonyl (C=O) groups excluding carboxylic acids is 1. The zero-order valence-electron chi connectivity index (χ0n) is 20.4. The molecule has 184 valence electrons. The van der Waals surface area contributed by atoms with E-state index in [2.05, 4.69) is 15.3 Å². The van der Waals surface area contributed by atoms with Gasteiger partial charge in [0.2, 0.25) is 5.55 Å². The van der Waals surface area contributed by atoms with Crippen molar-refractivity contribution in [3.63, 3.8) is 0 Å². The molecule has 0 aliphatic heterocycles. The van der Waals surface area contributed by atoms with E-state index in [-0.39, 0.29) is 23.6 Å². The maximum atomic E-state index is 13.4. The van der Waals surface area contributed by atoms with Crippen LogP contribution < -0.4 is 15.6 Å². The quantitative estimate of drug-likeness (QED) is 0.294. The smallest absolute Gasteiger partial charge is 0.261 e. The summed E-state index contributed by atoms with van der Waals surface area (Å²) in [6, 6.07) is 25.9. The van der Waals surface area contributed by atoms with E-state index >= 15 is 0 Å². The molecule has 0 saturated carbocycles. The molecule has 0 atom stereocenters. The second kappa shape index (κ2) is 10.5. The fourth-order valence-electron chi connectivity index (χ4n) is 3.89. The van der Waals surface area contributed by atoms with Gasteiger partial charge in [0.25, 0.3) is 5.91 Å². The number of benzene rings is 3. The van der Waals surface area contributed by atoms with Crippen LogP contribution in [0.4, 0.5) is 11.4 Å². The minimum atomic E-state index is -0.374. The molecule has 1 amide bonds. The third-order valence-corrected chi connectivity index (χ3v) is 5.91. The Balaban J connectivity index is 1.58. The van der Waals surface area contributed by atoms with Crippen molar-refractivity contribution in [2.45, 2.75) is 20.5 Å². The fraction of sp³-hybridized carbons (Fsp3) is 0.100. The lowest BCUT2D eigenvalue weighted by atomic mass is 10.1. The van der Waals surface area contributed by atoms with Gasteiger partial charge in [-0.25, -0.2) is 4.99 Å². The molecule has 0 aliphatic rings. The van der Waals surface area contributed by atoms with Crippen LogP contribution in [0.2, 0.25) is 0 Å². The summed E-state index contributed by atoms with van der Waals surface area (Å²) in [6.07, 6.45) is 1.58. The summed E-state index contributed by atoms with van der Waals surface area (Å²) in [5.41, 5.74) is 4.21. The van der Waals surface area contributed by atoms with E-state index in [1.54, 1.807) is 43.5 Å². The number of fused-ring (bicyclic) bond motifs is 1. The minimum Gasteiger partial charge on any atom is -0.457 e. The Kier molecular flexibility index (Phi) is 6.78. The highest BCUT2D eigenvalue weighted by atomic mass is 16.5. The lowest BCUT2D eigenvalue weighted by Gasteiger charge is -2.11. The van der Waals surface area contributed by atoms with E-state index in [1.165, 1.54) is 0 Å². The highest BCUT2D eigenvalue weighted by molar-refractivity contribution is 6.06. The number of para-hydroxylation sites is 2. The molecule has 2 aromatic heterocycles. The SMILES string of the molecule is Cc1ccccc1NC(=O)c1cc2c(CO)cnc(C)c2oc1=Nc1ccc(Oc2ccccc2)cc1. The van der Waals surface area contributed by atoms with Gasteiger partial charge in [0.1, 0.15) is 17.1 Å². The van der Waals surface area contributed by atoms with E-state index in [9.17, 15) is 9.90 Å². The topological polar surface area (TPSA) is 97.0 Å². The first-order valence-corrected chi connectivity index (χ1v) is 11.8. The Labute approximate surface area is 213 Å². The van der Waals surface area contributed by atoms with Crippen LogP contribution in [0.3, 0.4) is 0 Å². The number of carbonyl (C=O) groups is 1. The van der Waals surface area contributed by atoms with Crippen LogP contribution in [0.15, 0.2) is 101 Å². The summed E-state index contributed by atoms with van der Waals surface area (Å²) in [7, 11) is 0. The number of aryl methyl sites for hydroxylation is 2. The Morgan fingerprint density at radius 1 is 0.973 bits per heavy atom. The third kappa shape index (κ3) is 5.27. The zero-order chi connectivity index (χ0) is 25.8. The predicted molar refractivity (Wildman–Crippen MR) is 142 cm³/mol. The Morgan fingerprint density at radius 2 is 1.68 bits per heavy atom. The van der Waals surface area contributed by atoms with Crippen LogP contribution in [0.1, 0.15) is 27.2 Å². The molecule has 0 bridgehead atoms. The Hall–Kier alpha value is -4.75. The van der Waals surface area contributed by atoms with Gasteiger partial charge >= 0.3 is 0 Å². The van der Waals surface area contributed by atoms with Crippen molar-refractivity contribution in [3.8, 4) is 11.5 Å². The number of ether oxygens (including phenoxy) is 1. The molecule has 3 aromatic carbocycles. The van der Waals surface area contributed by atoms with E-state index in [1.807, 2.05) is 61.5 Å². The van der Waals surface area contributed by atoms with Gasteiger partial charge in [-0.15, -0.1) is 0 Å². The van der Waals surface area contributed by atoms with Gasteiger partial charge in [0.05, 0.1) is 18.0 Å². The number of hydrogen-bond donors (Lipinski definition) is 2. The molecule has 0 unspecified atom stereocenters. The molecule has 37 heavy (non-hydrogen) atoms. The van der Waals surface area contributed by atoms with Gasteiger partial charge in [-0.2, -0.15) is 0 Å². The van der Waals surface area contributed by atoms with Crippen LogP contribution in [0, 0.1) is 13.8 Å². The number of pyridine rings is 1. The van der Waals surface area contributed by atoms with Gasteiger partial charge in [-0.1, -0.05) is 36.4 Å². The van der Waals surface area contributed by atoms with Crippen molar-refractivity contribution >= 4 is 28.3 Å². The molecular weight excluding hydrogens is 466 g/mol. The van der Waals surface area contributed by atoms with Crippen LogP contribution >= 0.6 is 0 Å². The van der Waals surface area contributed by atoms with E-state index < -0.39 is 0 Å². The molecule has 5 rings (SSSR count). The number of anilines is 1. The summed E-state index contributed by atoms with van der Waals surface area (Å²) in [4.78, 5) is 22.4. The summed E-state index contributed by atoms with van der Waals surface area (Å²) in [5, 5.41) is 13.4. The summed E-state index contributed by atoms with van der Waals surface area (Å²) in [5.74, 6) is 1.02. The van der Waals surface area contributed by atoms with E-state index in [4.69, 9.17) is 9.15 Å². The van der Waals surface area contributed by atoms with Crippen molar-refractivity contribution in [2.75, 3.05) is 5.32 Å². The van der Waals surface area contributed by atoms with Crippen LogP contribution in [0.25, 0.3) is 11.0 Å². The van der Waals surface area contributed by atoms with Gasteiger partial charge in [-0.05, 0) is 67.9 Å². The lowest BCUT2D eigenvalue weighted by Crippen LogP contribution is -2.22. The summed E-state index contributed by atoms with van der Waals surface area (Å²) < 4.78 is 12.0. The van der Waals surface area contributed by atoms with Gasteiger partial charge in [0.15, 0.2) is 5.58 Å². The van der Waals surface area contributed by atoms with Gasteiger partial charge < -0.3 is 19.6 Å². The molecule has 0 fully saturated rings. The highest BCUT2D eigenvalue weighted by Crippen LogP contribution is 2.25. The molecule has 0 aliphatic carbocycles. The van der Waals surface area contributed by atoms with Crippen LogP contribution in [-0.4, -0.2) is 16.0 Å². The third-order valence-electron chi connectivity index (χ3n) is 5.91. The van der Waals surface area contributed by atoms with Crippen molar-refractivity contribution in [1.82, 2.24) is 4.98 Å². The Morgan fingerprint density at radius 3 is 2.41 bits per heavy atom. The van der Waals surface area contributed by atoms with Crippen molar-refractivity contribution in [2.24, 2.45) is 4.99 Å². The number of aliphatic hydroxyl groups is 1. The normalized spacial score (nSPS) is 11.5. The predicted octanol–water partition coefficient (Wildman–Crippen LogP) is 6.21. The number of aromatic nitrogens is 1. The summed E-state index contributed by atoms with van der Waals surface area (Å²) >= 11 is 0. The van der Waals surface area contributed by atoms with Crippen LogP contribution in [-0.2, 0) is 6.61 Å². The first-order valence-electron chi connectivity index (χ1n) is 11.8. The lowest BCUT2D eigenvalue weighted by molar-refractivity contribution is 0.102. The molecular formula is C30H25N3O4. The maximum Gasteiger partial charge on any atom is 0.261 e. The number of hydrogen-bond acceptors (Lipinski definition) is 6. The van der Waals surface area contributed by atoms with Crippen LogP contribution in [0.5, 0.6) is 11.5 Å². The monoisotopic (exact) mass is 491 g/mol. The van der Waals surface area contributed by atoms with E-state index in [0.717, 1.165) is 11.3 Å². The second-order valence-electron chi connectivity index (χ2n) is 8.52. The molecule has 7 nitrogen and oxygen atoms in total. The second-order valence-corrected chi connectivity index (χ2v) is 8.52. The van der Waals surface area contributed by atoms with Crippen molar-refractivity contribution in [3.05, 3.63) is 119 Å². The average molecular weight is 492 g/mol. The molecule has 5 aromatic rings.